The standard InChI is InChI=1S/C17H21NO2S/c1-19-15-5-7-16(8-6-15)20-12-11-18-13-14-3-9-17(21-2)10-4-14/h3-10,18H,11-13H2,1-2H3. The van der Waals surface area contributed by atoms with Gasteiger partial charge in [-0.2, -0.15) is 0 Å². The van der Waals surface area contributed by atoms with Crippen LogP contribution in [0.1, 0.15) is 5.56 Å². The molecule has 0 unspecified atom stereocenters. The predicted octanol–water partition coefficient (Wildman–Crippen LogP) is 3.59. The van der Waals surface area contributed by atoms with Crippen LogP contribution in [-0.2, 0) is 6.54 Å². The van der Waals surface area contributed by atoms with Crippen molar-refractivity contribution in [1.29, 1.82) is 0 Å². The van der Waals surface area contributed by atoms with Gasteiger partial charge in [0, 0.05) is 18.0 Å². The predicted molar refractivity (Wildman–Crippen MR) is 88.4 cm³/mol. The molecule has 2 aromatic carbocycles. The lowest BCUT2D eigenvalue weighted by molar-refractivity contribution is 0.313. The van der Waals surface area contributed by atoms with Crippen molar-refractivity contribution in [3.05, 3.63) is 54.1 Å². The van der Waals surface area contributed by atoms with Crippen molar-refractivity contribution in [1.82, 2.24) is 5.32 Å². The van der Waals surface area contributed by atoms with Crippen LogP contribution in [0.3, 0.4) is 0 Å². The molecule has 0 heterocycles. The van der Waals surface area contributed by atoms with Crippen LogP contribution in [0.4, 0.5) is 0 Å². The fourth-order valence-electron chi connectivity index (χ4n) is 1.89. The third-order valence-corrected chi connectivity index (χ3v) is 3.84. The molecule has 1 N–H and O–H groups in total. The van der Waals surface area contributed by atoms with Gasteiger partial charge in [0.1, 0.15) is 18.1 Å². The zero-order chi connectivity index (χ0) is 14.9. The second-order valence-corrected chi connectivity index (χ2v) is 5.43. The van der Waals surface area contributed by atoms with Crippen molar-refractivity contribution in [3.8, 4) is 11.5 Å². The summed E-state index contributed by atoms with van der Waals surface area (Å²) < 4.78 is 10.8. The normalized spacial score (nSPS) is 10.4. The van der Waals surface area contributed by atoms with Gasteiger partial charge in [-0.15, -0.1) is 11.8 Å². The first kappa shape index (κ1) is 15.7. The van der Waals surface area contributed by atoms with E-state index in [1.54, 1.807) is 18.9 Å². The lowest BCUT2D eigenvalue weighted by Gasteiger charge is -2.08. The highest BCUT2D eigenvalue weighted by Gasteiger charge is 1.96. The van der Waals surface area contributed by atoms with E-state index in [1.165, 1.54) is 10.5 Å². The molecule has 0 aliphatic rings. The van der Waals surface area contributed by atoms with Crippen LogP contribution in [0.25, 0.3) is 0 Å². The summed E-state index contributed by atoms with van der Waals surface area (Å²) in [7, 11) is 1.66. The summed E-state index contributed by atoms with van der Waals surface area (Å²) in [5.74, 6) is 1.70. The molecule has 0 atom stereocenters. The maximum absolute atomic E-state index is 5.66. The number of rotatable bonds is 8. The van der Waals surface area contributed by atoms with E-state index >= 15 is 0 Å². The van der Waals surface area contributed by atoms with Crippen molar-refractivity contribution in [3.63, 3.8) is 0 Å². The summed E-state index contributed by atoms with van der Waals surface area (Å²) >= 11 is 1.76. The van der Waals surface area contributed by atoms with Crippen molar-refractivity contribution < 1.29 is 9.47 Å². The highest BCUT2D eigenvalue weighted by Crippen LogP contribution is 2.17. The fourth-order valence-corrected chi connectivity index (χ4v) is 2.30. The van der Waals surface area contributed by atoms with Crippen LogP contribution in [0, 0.1) is 0 Å². The smallest absolute Gasteiger partial charge is 0.119 e. The van der Waals surface area contributed by atoms with Gasteiger partial charge >= 0.3 is 0 Å². The van der Waals surface area contributed by atoms with E-state index in [-0.39, 0.29) is 0 Å². The Bertz CT molecular complexity index is 476. The monoisotopic (exact) mass is 303 g/mol. The highest BCUT2D eigenvalue weighted by atomic mass is 32.2. The minimum absolute atomic E-state index is 0.648. The third-order valence-electron chi connectivity index (χ3n) is 3.10. The quantitative estimate of drug-likeness (QED) is 0.596. The second-order valence-electron chi connectivity index (χ2n) is 4.55. The molecular weight excluding hydrogens is 282 g/mol. The number of nitrogens with one attached hydrogen (secondary N) is 1. The van der Waals surface area contributed by atoms with Gasteiger partial charge in [0.05, 0.1) is 7.11 Å². The zero-order valence-electron chi connectivity index (χ0n) is 12.5. The zero-order valence-corrected chi connectivity index (χ0v) is 13.3. The van der Waals surface area contributed by atoms with Crippen molar-refractivity contribution in [2.24, 2.45) is 0 Å². The molecule has 0 saturated heterocycles. The number of hydrogen-bond acceptors (Lipinski definition) is 4. The number of thioether (sulfide) groups is 1. The maximum Gasteiger partial charge on any atom is 0.119 e. The Morgan fingerprint density at radius 1 is 0.952 bits per heavy atom. The average molecular weight is 303 g/mol. The number of benzene rings is 2. The fraction of sp³-hybridized carbons (Fsp3) is 0.294. The van der Waals surface area contributed by atoms with E-state index in [9.17, 15) is 0 Å². The van der Waals surface area contributed by atoms with Gasteiger partial charge in [-0.1, -0.05) is 12.1 Å². The Labute approximate surface area is 130 Å². The van der Waals surface area contributed by atoms with Crippen LogP contribution in [-0.4, -0.2) is 26.5 Å². The number of ether oxygens (including phenoxy) is 2. The van der Waals surface area contributed by atoms with Crippen LogP contribution in [0.15, 0.2) is 53.4 Å². The van der Waals surface area contributed by atoms with Crippen LogP contribution >= 0.6 is 11.8 Å². The van der Waals surface area contributed by atoms with Crippen LogP contribution < -0.4 is 14.8 Å². The number of methoxy groups -OCH3 is 1. The molecule has 3 nitrogen and oxygen atoms in total. The van der Waals surface area contributed by atoms with Gasteiger partial charge in [-0.25, -0.2) is 0 Å². The molecule has 2 rings (SSSR count). The second kappa shape index (κ2) is 8.60. The molecule has 112 valence electrons. The van der Waals surface area contributed by atoms with E-state index in [0.29, 0.717) is 6.61 Å². The summed E-state index contributed by atoms with van der Waals surface area (Å²) in [6.45, 7) is 2.33. The van der Waals surface area contributed by atoms with E-state index in [1.807, 2.05) is 24.3 Å². The Morgan fingerprint density at radius 2 is 1.62 bits per heavy atom. The van der Waals surface area contributed by atoms with E-state index in [0.717, 1.165) is 24.6 Å². The average Bonchev–Trinajstić information content (AvgIpc) is 2.55. The molecule has 0 spiro atoms. The van der Waals surface area contributed by atoms with Crippen molar-refractivity contribution >= 4 is 11.8 Å². The SMILES string of the molecule is COc1ccc(OCCNCc2ccc(SC)cc2)cc1. The Hall–Kier alpha value is -1.65. The lowest BCUT2D eigenvalue weighted by Crippen LogP contribution is -2.20. The van der Waals surface area contributed by atoms with E-state index in [4.69, 9.17) is 9.47 Å². The van der Waals surface area contributed by atoms with Crippen LogP contribution in [0.5, 0.6) is 11.5 Å². The molecular formula is C17H21NO2S. The van der Waals surface area contributed by atoms with Crippen molar-refractivity contribution in [2.75, 3.05) is 26.5 Å². The Morgan fingerprint density at radius 3 is 2.24 bits per heavy atom. The van der Waals surface area contributed by atoms with Crippen LogP contribution in [0.2, 0.25) is 0 Å². The molecule has 0 aliphatic heterocycles. The Kier molecular flexibility index (Phi) is 6.44. The molecule has 0 aromatic heterocycles. The molecule has 0 saturated carbocycles. The van der Waals surface area contributed by atoms with Crippen molar-refractivity contribution in [2.45, 2.75) is 11.4 Å². The molecule has 0 aliphatic carbocycles. The minimum atomic E-state index is 0.648. The highest BCUT2D eigenvalue weighted by molar-refractivity contribution is 7.98. The molecule has 0 fully saturated rings. The topological polar surface area (TPSA) is 30.5 Å². The van der Waals surface area contributed by atoms with Gasteiger partial charge < -0.3 is 14.8 Å². The van der Waals surface area contributed by atoms with Gasteiger partial charge in [0.25, 0.3) is 0 Å². The summed E-state index contributed by atoms with van der Waals surface area (Å²) in [4.78, 5) is 1.29. The molecule has 21 heavy (non-hydrogen) atoms. The Balaban J connectivity index is 1.64. The molecule has 0 amide bonds. The number of hydrogen-bond donors (Lipinski definition) is 1. The maximum atomic E-state index is 5.66. The van der Waals surface area contributed by atoms with Gasteiger partial charge in [-0.3, -0.25) is 0 Å². The lowest BCUT2D eigenvalue weighted by atomic mass is 10.2. The summed E-state index contributed by atoms with van der Waals surface area (Å²) in [5, 5.41) is 3.38. The largest absolute Gasteiger partial charge is 0.497 e. The van der Waals surface area contributed by atoms with Gasteiger partial charge in [0.2, 0.25) is 0 Å². The molecule has 2 aromatic rings. The molecule has 0 bridgehead atoms. The van der Waals surface area contributed by atoms with E-state index in [2.05, 4.69) is 35.8 Å². The first-order valence-corrected chi connectivity index (χ1v) is 8.15. The summed E-state index contributed by atoms with van der Waals surface area (Å²) in [5.41, 5.74) is 1.29. The summed E-state index contributed by atoms with van der Waals surface area (Å²) in [6.07, 6.45) is 2.09. The first-order chi connectivity index (χ1) is 10.3. The molecule has 0 radical (unpaired) electrons. The van der Waals surface area contributed by atoms with Gasteiger partial charge in [-0.05, 0) is 48.2 Å². The summed E-state index contributed by atoms with van der Waals surface area (Å²) in [6, 6.07) is 16.2. The van der Waals surface area contributed by atoms with Gasteiger partial charge in [0.15, 0.2) is 0 Å². The molecule has 4 heteroatoms. The minimum Gasteiger partial charge on any atom is -0.497 e. The third kappa shape index (κ3) is 5.33. The first-order valence-electron chi connectivity index (χ1n) is 6.92. The van der Waals surface area contributed by atoms with E-state index < -0.39 is 0 Å².